The van der Waals surface area contributed by atoms with Crippen molar-refractivity contribution in [2.75, 3.05) is 0 Å². The first-order valence-corrected chi connectivity index (χ1v) is 11.1. The van der Waals surface area contributed by atoms with Crippen LogP contribution < -0.4 is 0 Å². The molecule has 4 nitrogen and oxygen atoms in total. The summed E-state index contributed by atoms with van der Waals surface area (Å²) in [5.41, 5.74) is 0. The number of ether oxygens (including phenoxy) is 2. The summed E-state index contributed by atoms with van der Waals surface area (Å²) < 4.78 is 11.5. The molecule has 2 aliphatic carbocycles. The van der Waals surface area contributed by atoms with Gasteiger partial charge in [0.15, 0.2) is 0 Å². The molecule has 0 aromatic rings. The van der Waals surface area contributed by atoms with Gasteiger partial charge in [-0.25, -0.2) is 0 Å². The van der Waals surface area contributed by atoms with Crippen molar-refractivity contribution < 1.29 is 19.1 Å². The van der Waals surface area contributed by atoms with Gasteiger partial charge in [-0.3, -0.25) is 9.59 Å². The lowest BCUT2D eigenvalue weighted by atomic mass is 9.75. The van der Waals surface area contributed by atoms with Crippen molar-refractivity contribution in [3.63, 3.8) is 0 Å². The first-order chi connectivity index (χ1) is 12.7. The summed E-state index contributed by atoms with van der Waals surface area (Å²) in [5, 5.41) is 0. The summed E-state index contributed by atoms with van der Waals surface area (Å²) >= 11 is 0. The van der Waals surface area contributed by atoms with Gasteiger partial charge in [0.05, 0.1) is 0 Å². The molecular weight excluding hydrogens is 340 g/mol. The summed E-state index contributed by atoms with van der Waals surface area (Å²) in [7, 11) is 0. The van der Waals surface area contributed by atoms with Crippen LogP contribution in [-0.4, -0.2) is 24.1 Å². The van der Waals surface area contributed by atoms with Crippen LogP contribution in [0.4, 0.5) is 0 Å². The molecule has 2 aliphatic rings. The smallest absolute Gasteiger partial charge is 0.317 e. The fraction of sp³-hybridized carbons (Fsp3) is 0.913. The predicted octanol–water partition coefficient (Wildman–Crippen LogP) is 5.38. The molecule has 0 aromatic carbocycles. The second-order valence-corrected chi connectivity index (χ2v) is 9.89. The van der Waals surface area contributed by atoms with Gasteiger partial charge in [0.1, 0.15) is 18.6 Å². The van der Waals surface area contributed by atoms with Crippen molar-refractivity contribution >= 4 is 11.9 Å². The van der Waals surface area contributed by atoms with E-state index in [0.717, 1.165) is 25.7 Å². The molecule has 0 saturated heterocycles. The van der Waals surface area contributed by atoms with E-state index in [2.05, 4.69) is 41.5 Å². The monoisotopic (exact) mass is 380 g/mol. The largest absolute Gasteiger partial charge is 0.462 e. The molecule has 0 spiro atoms. The Labute approximate surface area is 165 Å². The molecule has 0 bridgehead atoms. The topological polar surface area (TPSA) is 52.6 Å². The summed E-state index contributed by atoms with van der Waals surface area (Å²) in [4.78, 5) is 24.8. The van der Waals surface area contributed by atoms with Crippen LogP contribution in [0.5, 0.6) is 0 Å². The Balaban J connectivity index is 1.87. The van der Waals surface area contributed by atoms with Gasteiger partial charge in [-0.2, -0.15) is 0 Å². The van der Waals surface area contributed by atoms with E-state index in [-0.39, 0.29) is 18.6 Å². The Bertz CT molecular complexity index is 455. The van der Waals surface area contributed by atoms with E-state index in [4.69, 9.17) is 9.47 Å². The third kappa shape index (κ3) is 6.50. The summed E-state index contributed by atoms with van der Waals surface area (Å²) in [6, 6.07) is 0. The van der Waals surface area contributed by atoms with Gasteiger partial charge in [-0.05, 0) is 61.2 Å². The molecule has 156 valence electrons. The Morgan fingerprint density at radius 1 is 0.741 bits per heavy atom. The lowest BCUT2D eigenvalue weighted by molar-refractivity contribution is -0.167. The fourth-order valence-corrected chi connectivity index (χ4v) is 5.04. The zero-order valence-corrected chi connectivity index (χ0v) is 18.2. The maximum atomic E-state index is 12.4. The van der Waals surface area contributed by atoms with E-state index in [1.807, 2.05) is 0 Å². The quantitative estimate of drug-likeness (QED) is 0.458. The van der Waals surface area contributed by atoms with Crippen molar-refractivity contribution in [3.05, 3.63) is 0 Å². The van der Waals surface area contributed by atoms with Gasteiger partial charge in [0.25, 0.3) is 0 Å². The highest BCUT2D eigenvalue weighted by Gasteiger charge is 2.36. The van der Waals surface area contributed by atoms with Gasteiger partial charge in [-0.1, -0.05) is 54.4 Å². The zero-order chi connectivity index (χ0) is 20.1. The molecule has 2 saturated carbocycles. The zero-order valence-electron chi connectivity index (χ0n) is 18.2. The van der Waals surface area contributed by atoms with Gasteiger partial charge < -0.3 is 9.47 Å². The van der Waals surface area contributed by atoms with Crippen molar-refractivity contribution in [1.29, 1.82) is 0 Å². The molecule has 2 rings (SSSR count). The average molecular weight is 381 g/mol. The Morgan fingerprint density at radius 2 is 1.11 bits per heavy atom. The lowest BCUT2D eigenvalue weighted by Gasteiger charge is -2.37. The number of carbonyl (C=O) groups excluding carboxylic acids is 2. The molecule has 27 heavy (non-hydrogen) atoms. The van der Waals surface area contributed by atoms with Crippen LogP contribution in [0.1, 0.15) is 86.5 Å². The molecule has 4 heteroatoms. The minimum Gasteiger partial charge on any atom is -0.462 e. The maximum absolute atomic E-state index is 12.4. The summed E-state index contributed by atoms with van der Waals surface area (Å²) in [5.74, 6) is 2.05. The number of carbonyl (C=O) groups is 2. The Hall–Kier alpha value is -1.06. The van der Waals surface area contributed by atoms with Gasteiger partial charge in [0.2, 0.25) is 0 Å². The van der Waals surface area contributed by atoms with Gasteiger partial charge in [-0.15, -0.1) is 0 Å². The second kappa shape index (κ2) is 9.93. The SMILES string of the molecule is CC(C)[C@@H]1CC[C@@H](C)C[C@H]1OC(=O)CC(=O)O[C@@H]1C[C@H](C)CC[C@H]1C(C)C. The average Bonchev–Trinajstić information content (AvgIpc) is 2.53. The molecule has 0 amide bonds. The maximum Gasteiger partial charge on any atom is 0.317 e. The predicted molar refractivity (Wildman–Crippen MR) is 107 cm³/mol. The Kier molecular flexibility index (Phi) is 8.18. The van der Waals surface area contributed by atoms with E-state index in [1.54, 1.807) is 0 Å². The van der Waals surface area contributed by atoms with Crippen LogP contribution in [0.3, 0.4) is 0 Å². The first kappa shape index (κ1) is 22.2. The minimum atomic E-state index is -0.422. The van der Waals surface area contributed by atoms with Crippen molar-refractivity contribution in [2.24, 2.45) is 35.5 Å². The molecule has 0 unspecified atom stereocenters. The fourth-order valence-electron chi connectivity index (χ4n) is 5.04. The standard InChI is InChI=1S/C23H40O4/c1-14(2)18-9-7-16(5)11-20(18)26-22(24)13-23(25)27-21-12-17(6)8-10-19(21)15(3)4/h14-21H,7-13H2,1-6H3/t16-,17-,18+,19+,20-,21-/m1/s1. The van der Waals surface area contributed by atoms with Crippen LogP contribution >= 0.6 is 0 Å². The summed E-state index contributed by atoms with van der Waals surface area (Å²) in [6.07, 6.45) is 5.99. The number of esters is 2. The summed E-state index contributed by atoms with van der Waals surface area (Å²) in [6.45, 7) is 13.2. The van der Waals surface area contributed by atoms with E-state index in [1.165, 1.54) is 12.8 Å². The highest BCUT2D eigenvalue weighted by atomic mass is 16.6. The van der Waals surface area contributed by atoms with Crippen molar-refractivity contribution in [3.8, 4) is 0 Å². The van der Waals surface area contributed by atoms with Crippen molar-refractivity contribution in [1.82, 2.24) is 0 Å². The van der Waals surface area contributed by atoms with Crippen LogP contribution in [0.2, 0.25) is 0 Å². The molecule has 6 atom stereocenters. The number of hydrogen-bond acceptors (Lipinski definition) is 4. The van der Waals surface area contributed by atoms with E-state index >= 15 is 0 Å². The number of rotatable bonds is 6. The molecular formula is C23H40O4. The first-order valence-electron chi connectivity index (χ1n) is 11.1. The highest BCUT2D eigenvalue weighted by molar-refractivity contribution is 5.91. The molecule has 0 aliphatic heterocycles. The van der Waals surface area contributed by atoms with E-state index in [0.29, 0.717) is 35.5 Å². The lowest BCUT2D eigenvalue weighted by Crippen LogP contribution is -2.38. The second-order valence-electron chi connectivity index (χ2n) is 9.89. The third-order valence-corrected chi connectivity index (χ3v) is 6.78. The van der Waals surface area contributed by atoms with Gasteiger partial charge >= 0.3 is 11.9 Å². The van der Waals surface area contributed by atoms with E-state index in [9.17, 15) is 9.59 Å². The van der Waals surface area contributed by atoms with E-state index < -0.39 is 11.9 Å². The Morgan fingerprint density at radius 3 is 1.44 bits per heavy atom. The molecule has 0 radical (unpaired) electrons. The minimum absolute atomic E-state index is 0.0628. The molecule has 2 fully saturated rings. The van der Waals surface area contributed by atoms with Crippen LogP contribution in [0, 0.1) is 35.5 Å². The van der Waals surface area contributed by atoms with Crippen LogP contribution in [0.15, 0.2) is 0 Å². The van der Waals surface area contributed by atoms with Crippen molar-refractivity contribution in [2.45, 2.75) is 98.7 Å². The molecule has 0 N–H and O–H groups in total. The number of hydrogen-bond donors (Lipinski definition) is 0. The van der Waals surface area contributed by atoms with Gasteiger partial charge in [0, 0.05) is 0 Å². The van der Waals surface area contributed by atoms with Crippen LogP contribution in [0.25, 0.3) is 0 Å². The normalized spacial score (nSPS) is 34.5. The molecule has 0 aromatic heterocycles. The van der Waals surface area contributed by atoms with Crippen LogP contribution in [-0.2, 0) is 19.1 Å². The highest BCUT2D eigenvalue weighted by Crippen LogP contribution is 2.37. The molecule has 0 heterocycles. The third-order valence-electron chi connectivity index (χ3n) is 6.78.